The smallest absolute Gasteiger partial charge is 0.417 e. The number of rotatable bonds is 4. The van der Waals surface area contributed by atoms with Crippen LogP contribution in [-0.4, -0.2) is 48.5 Å². The summed E-state index contributed by atoms with van der Waals surface area (Å²) in [6, 6.07) is 7.41. The van der Waals surface area contributed by atoms with E-state index in [1.807, 2.05) is 25.1 Å². The van der Waals surface area contributed by atoms with E-state index in [9.17, 15) is 9.59 Å². The van der Waals surface area contributed by atoms with Crippen molar-refractivity contribution < 1.29 is 14.3 Å². The van der Waals surface area contributed by atoms with Crippen molar-refractivity contribution in [3.8, 4) is 0 Å². The summed E-state index contributed by atoms with van der Waals surface area (Å²) in [7, 11) is 1.42. The molecular formula is C18H28N2O3. The van der Waals surface area contributed by atoms with Gasteiger partial charge in [0.05, 0.1) is 0 Å². The topological polar surface area (TPSA) is 49.9 Å². The van der Waals surface area contributed by atoms with Crippen molar-refractivity contribution in [1.82, 2.24) is 9.80 Å². The second-order valence-corrected chi connectivity index (χ2v) is 5.75. The van der Waals surface area contributed by atoms with Crippen LogP contribution in [0.15, 0.2) is 24.3 Å². The van der Waals surface area contributed by atoms with Gasteiger partial charge >= 0.3 is 6.09 Å². The maximum absolute atomic E-state index is 11.9. The molecule has 0 bridgehead atoms. The highest BCUT2D eigenvalue weighted by Gasteiger charge is 2.50. The molecule has 23 heavy (non-hydrogen) atoms. The first-order valence-corrected chi connectivity index (χ1v) is 8.10. The lowest BCUT2D eigenvalue weighted by Gasteiger charge is -2.20. The first-order valence-electron chi connectivity index (χ1n) is 8.10. The summed E-state index contributed by atoms with van der Waals surface area (Å²) >= 11 is 0. The second-order valence-electron chi connectivity index (χ2n) is 5.75. The van der Waals surface area contributed by atoms with Crippen LogP contribution in [0.5, 0.6) is 0 Å². The summed E-state index contributed by atoms with van der Waals surface area (Å²) in [6.45, 7) is 13.7. The fourth-order valence-electron chi connectivity index (χ4n) is 2.48. The van der Waals surface area contributed by atoms with Gasteiger partial charge in [0, 0.05) is 12.6 Å². The van der Waals surface area contributed by atoms with Crippen LogP contribution in [0, 0.1) is 6.92 Å². The molecule has 0 aromatic heterocycles. The van der Waals surface area contributed by atoms with Crippen LogP contribution in [0.4, 0.5) is 4.79 Å². The summed E-state index contributed by atoms with van der Waals surface area (Å²) in [5.74, 6) is -0.330. The quantitative estimate of drug-likeness (QED) is 0.855. The lowest BCUT2D eigenvalue weighted by Crippen LogP contribution is -2.34. The van der Waals surface area contributed by atoms with Gasteiger partial charge in [0.1, 0.15) is 0 Å². The van der Waals surface area contributed by atoms with E-state index >= 15 is 0 Å². The molecule has 5 heteroatoms. The Morgan fingerprint density at radius 1 is 1.13 bits per heavy atom. The molecule has 2 rings (SSSR count). The number of nitrogens with zero attached hydrogens (tertiary/aromatic N) is 2. The van der Waals surface area contributed by atoms with E-state index in [2.05, 4.69) is 25.7 Å². The van der Waals surface area contributed by atoms with Crippen LogP contribution in [0.2, 0.25) is 0 Å². The van der Waals surface area contributed by atoms with Crippen molar-refractivity contribution >= 4 is 12.0 Å². The highest BCUT2D eigenvalue weighted by atomic mass is 16.6. The first-order chi connectivity index (χ1) is 10.8. The zero-order valence-electron chi connectivity index (χ0n) is 15.0. The van der Waals surface area contributed by atoms with E-state index in [1.54, 1.807) is 13.0 Å². The molecule has 1 heterocycles. The molecule has 0 saturated carbocycles. The van der Waals surface area contributed by atoms with Gasteiger partial charge in [0.2, 0.25) is 5.60 Å². The summed E-state index contributed by atoms with van der Waals surface area (Å²) in [6.07, 6.45) is -0.603. The van der Waals surface area contributed by atoms with E-state index in [4.69, 9.17) is 4.74 Å². The number of benzene rings is 1. The molecule has 1 aromatic carbocycles. The first kappa shape index (κ1) is 19.2. The molecule has 0 N–H and O–H groups in total. The van der Waals surface area contributed by atoms with Gasteiger partial charge in [-0.05, 0) is 33.5 Å². The fraction of sp³-hybridized carbons (Fsp3) is 0.556. The number of ether oxygens (including phenoxy) is 1. The number of amides is 2. The molecule has 128 valence electrons. The number of hydrogen-bond donors (Lipinski definition) is 0. The van der Waals surface area contributed by atoms with Crippen molar-refractivity contribution in [3.63, 3.8) is 0 Å². The Balaban J connectivity index is 0.000000322. The molecule has 1 saturated heterocycles. The third-order valence-corrected chi connectivity index (χ3v) is 4.19. The Kier molecular flexibility index (Phi) is 6.76. The van der Waals surface area contributed by atoms with Crippen LogP contribution in [-0.2, 0) is 15.1 Å². The van der Waals surface area contributed by atoms with E-state index in [0.29, 0.717) is 5.56 Å². The molecule has 2 amide bonds. The monoisotopic (exact) mass is 320 g/mol. The molecule has 0 spiro atoms. The third-order valence-electron chi connectivity index (χ3n) is 4.19. The van der Waals surface area contributed by atoms with Crippen LogP contribution in [0.1, 0.15) is 38.8 Å². The summed E-state index contributed by atoms with van der Waals surface area (Å²) in [5, 5.41) is 0. The predicted octanol–water partition coefficient (Wildman–Crippen LogP) is 3.17. The molecular weight excluding hydrogens is 292 g/mol. The van der Waals surface area contributed by atoms with Gasteiger partial charge in [-0.2, -0.15) is 0 Å². The maximum Gasteiger partial charge on any atom is 0.417 e. The Bertz CT molecular complexity index is 549. The summed E-state index contributed by atoms with van der Waals surface area (Å²) in [4.78, 5) is 26.6. The lowest BCUT2D eigenvalue weighted by atomic mass is 9.94. The normalized spacial score (nSPS) is 20.4. The summed E-state index contributed by atoms with van der Waals surface area (Å²) < 4.78 is 5.15. The van der Waals surface area contributed by atoms with Crippen molar-refractivity contribution in [2.75, 3.05) is 26.7 Å². The molecule has 0 aliphatic carbocycles. The average molecular weight is 320 g/mol. The Morgan fingerprint density at radius 3 is 2.04 bits per heavy atom. The van der Waals surface area contributed by atoms with E-state index in [1.165, 1.54) is 26.7 Å². The third kappa shape index (κ3) is 4.32. The largest absolute Gasteiger partial charge is 0.428 e. The van der Waals surface area contributed by atoms with Gasteiger partial charge in [0.15, 0.2) is 0 Å². The van der Waals surface area contributed by atoms with Crippen LogP contribution in [0.3, 0.4) is 0 Å². The fourth-order valence-corrected chi connectivity index (χ4v) is 2.48. The lowest BCUT2D eigenvalue weighted by molar-refractivity contribution is -0.135. The van der Waals surface area contributed by atoms with Gasteiger partial charge in [-0.25, -0.2) is 9.69 Å². The van der Waals surface area contributed by atoms with Gasteiger partial charge in [0.25, 0.3) is 5.91 Å². The van der Waals surface area contributed by atoms with Crippen LogP contribution in [0.25, 0.3) is 0 Å². The number of likely N-dealkylation sites (N-methyl/N-ethyl adjacent to an activating group) is 1. The number of carbonyl (C=O) groups excluding carboxylic acids is 2. The molecule has 5 nitrogen and oxygen atoms in total. The Hall–Kier alpha value is -1.88. The van der Waals surface area contributed by atoms with Crippen molar-refractivity contribution in [2.24, 2.45) is 0 Å². The molecule has 1 atom stereocenters. The SMILES string of the molecule is CCN(CC)CC.Cc1cccc([C@@]2(C)OC(=O)N(C)C2=O)c1. The molecule has 0 radical (unpaired) electrons. The number of aryl methyl sites for hydroxylation is 1. The number of imide groups is 1. The standard InChI is InChI=1S/C12H13NO3.C6H15N/c1-8-5-4-6-9(7-8)12(2)10(14)13(3)11(15)16-12;1-4-7(5-2)6-3/h4-7H,1-3H3;4-6H2,1-3H3/t12-;/m1./s1. The van der Waals surface area contributed by atoms with E-state index in [-0.39, 0.29) is 5.91 Å². The number of carbonyl (C=O) groups is 2. The molecule has 1 fully saturated rings. The van der Waals surface area contributed by atoms with Crippen molar-refractivity contribution in [2.45, 2.75) is 40.2 Å². The zero-order chi connectivity index (χ0) is 17.6. The molecule has 0 unspecified atom stereocenters. The van der Waals surface area contributed by atoms with Gasteiger partial charge in [-0.15, -0.1) is 0 Å². The highest BCUT2D eigenvalue weighted by molar-refractivity contribution is 6.02. The van der Waals surface area contributed by atoms with Crippen LogP contribution >= 0.6 is 0 Å². The minimum Gasteiger partial charge on any atom is -0.428 e. The molecule has 1 aliphatic rings. The zero-order valence-corrected chi connectivity index (χ0v) is 15.0. The number of cyclic esters (lactones) is 1. The maximum atomic E-state index is 11.9. The van der Waals surface area contributed by atoms with Crippen LogP contribution < -0.4 is 0 Å². The second kappa shape index (κ2) is 8.11. The summed E-state index contributed by atoms with van der Waals surface area (Å²) in [5.41, 5.74) is 0.546. The van der Waals surface area contributed by atoms with Gasteiger partial charge in [-0.1, -0.05) is 50.6 Å². The Morgan fingerprint density at radius 2 is 1.70 bits per heavy atom. The highest BCUT2D eigenvalue weighted by Crippen LogP contribution is 2.33. The predicted molar refractivity (Wildman–Crippen MR) is 91.2 cm³/mol. The minimum absolute atomic E-state index is 0.330. The van der Waals surface area contributed by atoms with Crippen molar-refractivity contribution in [1.29, 1.82) is 0 Å². The van der Waals surface area contributed by atoms with E-state index < -0.39 is 11.7 Å². The molecule has 1 aromatic rings. The van der Waals surface area contributed by atoms with Gasteiger partial charge < -0.3 is 9.64 Å². The van der Waals surface area contributed by atoms with E-state index in [0.717, 1.165) is 10.5 Å². The van der Waals surface area contributed by atoms with Crippen molar-refractivity contribution in [3.05, 3.63) is 35.4 Å². The average Bonchev–Trinajstić information content (AvgIpc) is 2.74. The van der Waals surface area contributed by atoms with Gasteiger partial charge in [-0.3, -0.25) is 4.79 Å². The minimum atomic E-state index is -1.18. The molecule has 1 aliphatic heterocycles. The number of hydrogen-bond acceptors (Lipinski definition) is 4. The Labute approximate surface area is 139 Å².